The lowest BCUT2D eigenvalue weighted by Gasteiger charge is -2.09. The quantitative estimate of drug-likeness (QED) is 0.128. The molecule has 0 radical (unpaired) electrons. The van der Waals surface area contributed by atoms with Gasteiger partial charge in [0.2, 0.25) is 0 Å². The number of nitrogens with one attached hydrogen (secondary N) is 4. The molecule has 0 bridgehead atoms. The molecule has 0 aliphatic rings. The highest BCUT2D eigenvalue weighted by Crippen LogP contribution is 2.12. The molecule has 0 atom stereocenters. The van der Waals surface area contributed by atoms with E-state index in [-0.39, 0.29) is 75.4 Å². The van der Waals surface area contributed by atoms with Crippen molar-refractivity contribution in [3.63, 3.8) is 0 Å². The molecule has 0 aromatic carbocycles. The molecule has 0 aromatic heterocycles. The van der Waals surface area contributed by atoms with Crippen LogP contribution in [-0.4, -0.2) is 64.7 Å². The molecule has 0 aromatic rings. The molecule has 30 heavy (non-hydrogen) atoms. The first kappa shape index (κ1) is 44.9. The van der Waals surface area contributed by atoms with Crippen molar-refractivity contribution >= 4 is 67.9 Å². The molecule has 4 nitrogen and oxygen atoms in total. The van der Waals surface area contributed by atoms with Crippen molar-refractivity contribution in [2.24, 2.45) is 0 Å². The van der Waals surface area contributed by atoms with Crippen LogP contribution in [0.4, 0.5) is 26.3 Å². The van der Waals surface area contributed by atoms with Crippen LogP contribution in [0.25, 0.3) is 0 Å². The highest BCUT2D eigenvalue weighted by molar-refractivity contribution is 8.93. The molecule has 192 valence electrons. The fraction of sp³-hybridized carbons (Fsp3) is 1.00. The molecule has 4 N–H and O–H groups in total. The van der Waals surface area contributed by atoms with Crippen molar-refractivity contribution in [1.29, 1.82) is 0 Å². The van der Waals surface area contributed by atoms with Crippen LogP contribution in [0.15, 0.2) is 0 Å². The van der Waals surface area contributed by atoms with Gasteiger partial charge in [-0.2, -0.15) is 26.3 Å². The summed E-state index contributed by atoms with van der Waals surface area (Å²) in [6, 6.07) is 0. The zero-order valence-electron chi connectivity index (χ0n) is 16.1. The molecule has 0 amide bonds. The van der Waals surface area contributed by atoms with Crippen LogP contribution < -0.4 is 21.3 Å². The number of hydrogen-bond acceptors (Lipinski definition) is 4. The second-order valence-electron chi connectivity index (χ2n) is 5.85. The summed E-state index contributed by atoms with van der Waals surface area (Å²) in [7, 11) is 0. The van der Waals surface area contributed by atoms with E-state index in [4.69, 9.17) is 0 Å². The average Bonchev–Trinajstić information content (AvgIpc) is 2.48. The highest BCUT2D eigenvalue weighted by Gasteiger charge is 2.26. The lowest BCUT2D eigenvalue weighted by atomic mass is 10.2. The van der Waals surface area contributed by atoms with Crippen LogP contribution >= 0.6 is 67.9 Å². The summed E-state index contributed by atoms with van der Waals surface area (Å²) in [5.74, 6) is 0. The summed E-state index contributed by atoms with van der Waals surface area (Å²) in [5.41, 5.74) is 0. The summed E-state index contributed by atoms with van der Waals surface area (Å²) in [5, 5.41) is 11.0. The Morgan fingerprint density at radius 1 is 0.400 bits per heavy atom. The van der Waals surface area contributed by atoms with E-state index in [1.807, 2.05) is 0 Å². The summed E-state index contributed by atoms with van der Waals surface area (Å²) in [6.07, 6.45) is -3.99. The SMILES string of the molecule is Br.Br.Br.Br.C.FC(F)(F)CNCCCNCCCCCNCCCNCC(F)(F)F. The Morgan fingerprint density at radius 3 is 0.967 bits per heavy atom. The van der Waals surface area contributed by atoms with Crippen molar-refractivity contribution in [3.05, 3.63) is 0 Å². The van der Waals surface area contributed by atoms with Crippen LogP contribution in [0, 0.1) is 0 Å². The van der Waals surface area contributed by atoms with Gasteiger partial charge in [0.25, 0.3) is 0 Å². The van der Waals surface area contributed by atoms with Gasteiger partial charge in [-0.15, -0.1) is 67.9 Å². The van der Waals surface area contributed by atoms with Gasteiger partial charge in [0.05, 0.1) is 13.1 Å². The van der Waals surface area contributed by atoms with Crippen molar-refractivity contribution in [2.45, 2.75) is 51.9 Å². The molecule has 0 saturated heterocycles. The first-order chi connectivity index (χ1) is 11.7. The first-order valence-electron chi connectivity index (χ1n) is 8.67. The lowest BCUT2D eigenvalue weighted by molar-refractivity contribution is -0.125. The van der Waals surface area contributed by atoms with Gasteiger partial charge in [-0.05, 0) is 65.0 Å². The van der Waals surface area contributed by atoms with E-state index in [9.17, 15) is 26.3 Å². The van der Waals surface area contributed by atoms with Crippen LogP contribution in [0.1, 0.15) is 39.5 Å². The third kappa shape index (κ3) is 43.3. The Labute approximate surface area is 218 Å². The zero-order chi connectivity index (χ0) is 19.0. The fourth-order valence-corrected chi connectivity index (χ4v) is 2.06. The van der Waals surface area contributed by atoms with E-state index in [2.05, 4.69) is 21.3 Å². The van der Waals surface area contributed by atoms with E-state index in [1.165, 1.54) is 0 Å². The second kappa shape index (κ2) is 28.4. The van der Waals surface area contributed by atoms with Crippen LogP contribution in [0.5, 0.6) is 0 Å². The molecule has 0 fully saturated rings. The first-order valence-corrected chi connectivity index (χ1v) is 8.67. The predicted molar refractivity (Wildman–Crippen MR) is 135 cm³/mol. The number of hydrogen-bond donors (Lipinski definition) is 4. The molecule has 0 aliphatic carbocycles. The topological polar surface area (TPSA) is 48.1 Å². The minimum atomic E-state index is -4.15. The number of rotatable bonds is 16. The fourth-order valence-electron chi connectivity index (χ4n) is 2.06. The predicted octanol–water partition coefficient (Wildman–Crippen LogP) is 5.37. The number of alkyl halides is 6. The highest BCUT2D eigenvalue weighted by atomic mass is 79.9. The van der Waals surface area contributed by atoms with Gasteiger partial charge in [-0.25, -0.2) is 0 Å². The summed E-state index contributed by atoms with van der Waals surface area (Å²) in [6.45, 7) is 1.84. The van der Waals surface area contributed by atoms with Gasteiger partial charge < -0.3 is 21.3 Å². The minimum Gasteiger partial charge on any atom is -0.317 e. The zero-order valence-corrected chi connectivity index (χ0v) is 22.9. The van der Waals surface area contributed by atoms with Gasteiger partial charge >= 0.3 is 12.4 Å². The minimum absolute atomic E-state index is 0. The normalized spacial score (nSPS) is 10.6. The van der Waals surface area contributed by atoms with Crippen molar-refractivity contribution in [1.82, 2.24) is 21.3 Å². The number of unbranched alkanes of at least 4 members (excludes halogenated alkanes) is 2. The van der Waals surface area contributed by atoms with E-state index in [0.29, 0.717) is 39.0 Å². The van der Waals surface area contributed by atoms with E-state index < -0.39 is 25.4 Å². The maximum Gasteiger partial charge on any atom is 0.401 e. The molecule has 0 unspecified atom stereocenters. The molecular weight excluding hydrogens is 682 g/mol. The van der Waals surface area contributed by atoms with Crippen molar-refractivity contribution < 1.29 is 26.3 Å². The van der Waals surface area contributed by atoms with Gasteiger partial charge in [-0.3, -0.25) is 0 Å². The molecule has 0 rings (SSSR count). The molecule has 0 heterocycles. The van der Waals surface area contributed by atoms with Gasteiger partial charge in [0, 0.05) is 0 Å². The number of halogens is 10. The molecular formula is C16H38Br4F6N4. The van der Waals surface area contributed by atoms with E-state index in [0.717, 1.165) is 32.4 Å². The third-order valence-corrected chi connectivity index (χ3v) is 3.27. The lowest BCUT2D eigenvalue weighted by Crippen LogP contribution is -2.31. The molecule has 0 aliphatic heterocycles. The Hall–Kier alpha value is 1.34. The van der Waals surface area contributed by atoms with Crippen LogP contribution in [0.2, 0.25) is 0 Å². The summed E-state index contributed by atoms with van der Waals surface area (Å²) >= 11 is 0. The Morgan fingerprint density at radius 2 is 0.667 bits per heavy atom. The average molecular weight is 720 g/mol. The smallest absolute Gasteiger partial charge is 0.317 e. The van der Waals surface area contributed by atoms with E-state index >= 15 is 0 Å². The third-order valence-electron chi connectivity index (χ3n) is 3.27. The maximum atomic E-state index is 11.9. The van der Waals surface area contributed by atoms with E-state index in [1.54, 1.807) is 0 Å². The molecule has 14 heteroatoms. The van der Waals surface area contributed by atoms with Crippen LogP contribution in [0.3, 0.4) is 0 Å². The Kier molecular flexibility index (Phi) is 42.5. The van der Waals surface area contributed by atoms with Crippen LogP contribution in [-0.2, 0) is 0 Å². The van der Waals surface area contributed by atoms with Gasteiger partial charge in [0.1, 0.15) is 0 Å². The monoisotopic (exact) mass is 716 g/mol. The van der Waals surface area contributed by atoms with Gasteiger partial charge in [0.15, 0.2) is 0 Å². The maximum absolute atomic E-state index is 11.9. The summed E-state index contributed by atoms with van der Waals surface area (Å²) in [4.78, 5) is 0. The molecule has 0 spiro atoms. The Bertz CT molecular complexity index is 286. The standard InChI is InChI=1S/C15H30F6N4.CH4.4BrH/c16-14(17,18)12-24-10-4-8-22-6-2-1-3-7-23-9-5-11-25-13-15(19,20)21;;;;;/h22-25H,1-13H2;1H4;4*1H. The molecule has 0 saturated carbocycles. The van der Waals surface area contributed by atoms with Gasteiger partial charge in [-0.1, -0.05) is 13.8 Å². The van der Waals surface area contributed by atoms with Crippen molar-refractivity contribution in [3.8, 4) is 0 Å². The summed E-state index contributed by atoms with van der Waals surface area (Å²) < 4.78 is 71.1. The Balaban J connectivity index is -0.000000288. The van der Waals surface area contributed by atoms with Crippen molar-refractivity contribution in [2.75, 3.05) is 52.4 Å². The largest absolute Gasteiger partial charge is 0.401 e. The second-order valence-corrected chi connectivity index (χ2v) is 5.85.